The largest absolute Gasteiger partial charge is 0.377 e. The molecule has 1 aliphatic heterocycles. The highest BCUT2D eigenvalue weighted by molar-refractivity contribution is 5.91. The van der Waals surface area contributed by atoms with Crippen molar-refractivity contribution in [2.75, 3.05) is 26.3 Å². The number of carbonyl (C=O) groups excluding carboxylic acids is 2. The van der Waals surface area contributed by atoms with Gasteiger partial charge < -0.3 is 15.0 Å². The summed E-state index contributed by atoms with van der Waals surface area (Å²) in [6.45, 7) is 6.92. The van der Waals surface area contributed by atoms with Crippen LogP contribution >= 0.6 is 0 Å². The van der Waals surface area contributed by atoms with Gasteiger partial charge in [0.1, 0.15) is 11.5 Å². The van der Waals surface area contributed by atoms with E-state index in [2.05, 4.69) is 11.4 Å². The maximum absolute atomic E-state index is 12.7. The summed E-state index contributed by atoms with van der Waals surface area (Å²) in [6.07, 6.45) is 0.886. The first-order chi connectivity index (χ1) is 9.56. The number of nitrogens with one attached hydrogen (secondary N) is 1. The standard InChI is InChI=1S/C14H23N3O3/c1-4-14(5-2,10-15)13(19)17-7-8-20-9-11(17)12(18)16-6-3/h11H,4-9H2,1-3H3,(H,16,18). The molecule has 0 aromatic rings. The molecule has 112 valence electrons. The number of nitrogens with zero attached hydrogens (tertiary/aromatic N) is 2. The molecule has 0 aromatic heterocycles. The topological polar surface area (TPSA) is 82.4 Å². The van der Waals surface area contributed by atoms with Crippen LogP contribution in [0.15, 0.2) is 0 Å². The van der Waals surface area contributed by atoms with Crippen LogP contribution in [0.1, 0.15) is 33.6 Å². The molecule has 0 radical (unpaired) electrons. The van der Waals surface area contributed by atoms with Crippen LogP contribution in [0.3, 0.4) is 0 Å². The van der Waals surface area contributed by atoms with E-state index in [0.717, 1.165) is 0 Å². The summed E-state index contributed by atoms with van der Waals surface area (Å²) in [5.74, 6) is -0.482. The van der Waals surface area contributed by atoms with Gasteiger partial charge in [-0.2, -0.15) is 5.26 Å². The summed E-state index contributed by atoms with van der Waals surface area (Å²) in [5.41, 5.74) is -1.04. The van der Waals surface area contributed by atoms with Crippen molar-refractivity contribution in [2.24, 2.45) is 5.41 Å². The van der Waals surface area contributed by atoms with Crippen LogP contribution in [0.5, 0.6) is 0 Å². The Morgan fingerprint density at radius 2 is 2.05 bits per heavy atom. The number of hydrogen-bond donors (Lipinski definition) is 1. The molecule has 0 aliphatic carbocycles. The van der Waals surface area contributed by atoms with Gasteiger partial charge in [0.25, 0.3) is 0 Å². The maximum atomic E-state index is 12.7. The first kappa shape index (κ1) is 16.4. The lowest BCUT2D eigenvalue weighted by atomic mass is 9.82. The van der Waals surface area contributed by atoms with Crippen molar-refractivity contribution in [1.29, 1.82) is 5.26 Å². The third kappa shape index (κ3) is 3.10. The lowest BCUT2D eigenvalue weighted by Crippen LogP contribution is -2.59. The molecule has 0 aromatic carbocycles. The van der Waals surface area contributed by atoms with Crippen LogP contribution in [-0.4, -0.2) is 49.1 Å². The fourth-order valence-corrected chi connectivity index (χ4v) is 2.39. The Hall–Kier alpha value is -1.61. The van der Waals surface area contributed by atoms with E-state index >= 15 is 0 Å². The summed E-state index contributed by atoms with van der Waals surface area (Å²) in [5, 5.41) is 12.1. The van der Waals surface area contributed by atoms with E-state index in [1.54, 1.807) is 0 Å². The zero-order valence-corrected chi connectivity index (χ0v) is 12.4. The Morgan fingerprint density at radius 1 is 1.40 bits per heavy atom. The van der Waals surface area contributed by atoms with E-state index in [4.69, 9.17) is 4.74 Å². The van der Waals surface area contributed by atoms with E-state index in [1.165, 1.54) is 4.90 Å². The Labute approximate surface area is 120 Å². The van der Waals surface area contributed by atoms with Gasteiger partial charge in [-0.1, -0.05) is 13.8 Å². The molecule has 1 heterocycles. The average molecular weight is 281 g/mol. The number of carbonyl (C=O) groups is 2. The minimum atomic E-state index is -1.04. The zero-order valence-electron chi connectivity index (χ0n) is 12.4. The summed E-state index contributed by atoms with van der Waals surface area (Å²) in [6, 6.07) is 1.50. The monoisotopic (exact) mass is 281 g/mol. The van der Waals surface area contributed by atoms with Gasteiger partial charge in [0.15, 0.2) is 0 Å². The number of nitriles is 1. The van der Waals surface area contributed by atoms with Crippen LogP contribution in [0.4, 0.5) is 0 Å². The second kappa shape index (κ2) is 7.25. The van der Waals surface area contributed by atoms with E-state index in [-0.39, 0.29) is 18.4 Å². The molecule has 0 spiro atoms. The van der Waals surface area contributed by atoms with Gasteiger partial charge in [-0.25, -0.2) is 0 Å². The summed E-state index contributed by atoms with van der Waals surface area (Å²) in [7, 11) is 0. The maximum Gasteiger partial charge on any atom is 0.245 e. The Bertz CT molecular complexity index is 399. The molecule has 1 aliphatic rings. The quantitative estimate of drug-likeness (QED) is 0.803. The van der Waals surface area contributed by atoms with Crippen LogP contribution in [0, 0.1) is 16.7 Å². The van der Waals surface area contributed by atoms with E-state index in [0.29, 0.717) is 32.5 Å². The third-order valence-electron chi connectivity index (χ3n) is 3.87. The van der Waals surface area contributed by atoms with Crippen molar-refractivity contribution >= 4 is 11.8 Å². The summed E-state index contributed by atoms with van der Waals surface area (Å²) >= 11 is 0. The second-order valence-corrected chi connectivity index (χ2v) is 4.88. The summed E-state index contributed by atoms with van der Waals surface area (Å²) < 4.78 is 5.31. The van der Waals surface area contributed by atoms with Crippen LogP contribution in [-0.2, 0) is 14.3 Å². The molecule has 0 saturated carbocycles. The normalized spacial score (nSPS) is 19.3. The Morgan fingerprint density at radius 3 is 2.55 bits per heavy atom. The van der Waals surface area contributed by atoms with E-state index < -0.39 is 11.5 Å². The van der Waals surface area contributed by atoms with Crippen LogP contribution < -0.4 is 5.32 Å². The molecule has 1 rings (SSSR count). The Balaban J connectivity index is 2.98. The first-order valence-electron chi connectivity index (χ1n) is 7.14. The zero-order chi connectivity index (χ0) is 15.2. The van der Waals surface area contributed by atoms with E-state index in [9.17, 15) is 14.9 Å². The molecule has 6 nitrogen and oxygen atoms in total. The molecule has 1 unspecified atom stereocenters. The minimum Gasteiger partial charge on any atom is -0.377 e. The number of morpholine rings is 1. The van der Waals surface area contributed by atoms with Gasteiger partial charge in [-0.15, -0.1) is 0 Å². The van der Waals surface area contributed by atoms with E-state index in [1.807, 2.05) is 20.8 Å². The predicted molar refractivity (Wildman–Crippen MR) is 73.6 cm³/mol. The SMILES string of the molecule is CCNC(=O)C1COCCN1C(=O)C(C#N)(CC)CC. The highest BCUT2D eigenvalue weighted by Crippen LogP contribution is 2.29. The lowest BCUT2D eigenvalue weighted by molar-refractivity contribution is -0.154. The third-order valence-corrected chi connectivity index (χ3v) is 3.87. The fraction of sp³-hybridized carbons (Fsp3) is 0.786. The molecular formula is C14H23N3O3. The predicted octanol–water partition coefficient (Wildman–Crippen LogP) is 0.680. The molecule has 1 N–H and O–H groups in total. The lowest BCUT2D eigenvalue weighted by Gasteiger charge is -2.38. The van der Waals surface area contributed by atoms with Gasteiger partial charge in [-0.3, -0.25) is 9.59 Å². The number of hydrogen-bond acceptors (Lipinski definition) is 4. The van der Waals surface area contributed by atoms with Crippen molar-refractivity contribution < 1.29 is 14.3 Å². The average Bonchev–Trinajstić information content (AvgIpc) is 2.49. The van der Waals surface area contributed by atoms with Crippen molar-refractivity contribution in [1.82, 2.24) is 10.2 Å². The first-order valence-corrected chi connectivity index (χ1v) is 7.14. The summed E-state index contributed by atoms with van der Waals surface area (Å²) in [4.78, 5) is 26.2. The van der Waals surface area contributed by atoms with Gasteiger partial charge in [-0.05, 0) is 19.8 Å². The molecule has 6 heteroatoms. The number of rotatable bonds is 5. The number of amides is 2. The van der Waals surface area contributed by atoms with Crippen molar-refractivity contribution in [3.05, 3.63) is 0 Å². The van der Waals surface area contributed by atoms with Crippen molar-refractivity contribution in [2.45, 2.75) is 39.7 Å². The van der Waals surface area contributed by atoms with Gasteiger partial charge >= 0.3 is 0 Å². The van der Waals surface area contributed by atoms with Crippen LogP contribution in [0.2, 0.25) is 0 Å². The molecule has 2 amide bonds. The molecule has 20 heavy (non-hydrogen) atoms. The molecule has 1 fully saturated rings. The second-order valence-electron chi connectivity index (χ2n) is 4.88. The molecule has 1 atom stereocenters. The highest BCUT2D eigenvalue weighted by Gasteiger charge is 2.43. The van der Waals surface area contributed by atoms with Crippen molar-refractivity contribution in [3.63, 3.8) is 0 Å². The smallest absolute Gasteiger partial charge is 0.245 e. The number of ether oxygens (including phenoxy) is 1. The van der Waals surface area contributed by atoms with Gasteiger partial charge in [0, 0.05) is 13.1 Å². The fourth-order valence-electron chi connectivity index (χ4n) is 2.39. The van der Waals surface area contributed by atoms with Gasteiger partial charge in [0.05, 0.1) is 19.3 Å². The molecular weight excluding hydrogens is 258 g/mol. The van der Waals surface area contributed by atoms with Crippen LogP contribution in [0.25, 0.3) is 0 Å². The Kier molecular flexibility index (Phi) is 5.96. The van der Waals surface area contributed by atoms with Crippen molar-refractivity contribution in [3.8, 4) is 6.07 Å². The molecule has 0 bridgehead atoms. The minimum absolute atomic E-state index is 0.187. The van der Waals surface area contributed by atoms with Gasteiger partial charge in [0.2, 0.25) is 11.8 Å². The number of likely N-dealkylation sites (N-methyl/N-ethyl adjacent to an activating group) is 1. The highest BCUT2D eigenvalue weighted by atomic mass is 16.5. The molecule has 1 saturated heterocycles.